The number of ether oxygens (including phenoxy) is 1. The van der Waals surface area contributed by atoms with E-state index >= 15 is 0 Å². The van der Waals surface area contributed by atoms with Gasteiger partial charge in [0.25, 0.3) is 5.91 Å². The zero-order valence-corrected chi connectivity index (χ0v) is 15.0. The second-order valence-corrected chi connectivity index (χ2v) is 6.80. The van der Waals surface area contributed by atoms with E-state index in [1.807, 2.05) is 55.1 Å². The molecule has 4 rings (SSSR count). The van der Waals surface area contributed by atoms with Crippen LogP contribution in [-0.2, 0) is 0 Å². The molecule has 6 nitrogen and oxygen atoms in total. The predicted octanol–water partition coefficient (Wildman–Crippen LogP) is 3.26. The van der Waals surface area contributed by atoms with E-state index in [1.54, 1.807) is 0 Å². The van der Waals surface area contributed by atoms with Crippen molar-refractivity contribution >= 4 is 16.8 Å². The fraction of sp³-hybridized carbons (Fsp3) is 0.350. The first-order valence-corrected chi connectivity index (χ1v) is 8.94. The van der Waals surface area contributed by atoms with E-state index in [9.17, 15) is 4.79 Å². The maximum atomic E-state index is 12.9. The molecular formula is C20H22N4O2. The molecule has 0 radical (unpaired) electrons. The van der Waals surface area contributed by atoms with Crippen LogP contribution in [0, 0.1) is 13.8 Å². The zero-order chi connectivity index (χ0) is 18.1. The quantitative estimate of drug-likeness (QED) is 0.787. The van der Waals surface area contributed by atoms with E-state index in [0.717, 1.165) is 36.0 Å². The van der Waals surface area contributed by atoms with Gasteiger partial charge in [0.15, 0.2) is 0 Å². The van der Waals surface area contributed by atoms with Gasteiger partial charge in [0.2, 0.25) is 5.88 Å². The molecule has 1 amide bonds. The summed E-state index contributed by atoms with van der Waals surface area (Å²) in [4.78, 5) is 26.6. The molecule has 1 aliphatic heterocycles. The molecule has 1 fully saturated rings. The van der Waals surface area contributed by atoms with Crippen molar-refractivity contribution in [3.8, 4) is 5.88 Å². The lowest BCUT2D eigenvalue weighted by Gasteiger charge is -2.32. The molecule has 1 saturated heterocycles. The molecule has 1 aromatic carbocycles. The van der Waals surface area contributed by atoms with Gasteiger partial charge in [-0.2, -0.15) is 4.98 Å². The van der Waals surface area contributed by atoms with Gasteiger partial charge in [-0.25, -0.2) is 4.98 Å². The second kappa shape index (κ2) is 6.78. The molecule has 3 heterocycles. The lowest BCUT2D eigenvalue weighted by Crippen LogP contribution is -2.44. The lowest BCUT2D eigenvalue weighted by molar-refractivity contribution is 0.0522. The van der Waals surface area contributed by atoms with Crippen LogP contribution in [0.15, 0.2) is 36.4 Å². The van der Waals surface area contributed by atoms with Gasteiger partial charge in [-0.05, 0) is 38.8 Å². The number of hydrogen-bond donors (Lipinski definition) is 1. The van der Waals surface area contributed by atoms with Gasteiger partial charge >= 0.3 is 0 Å². The van der Waals surface area contributed by atoms with Crippen LogP contribution in [-0.4, -0.2) is 45.0 Å². The minimum absolute atomic E-state index is 0.0181. The van der Waals surface area contributed by atoms with Crippen molar-refractivity contribution in [2.24, 2.45) is 0 Å². The predicted molar refractivity (Wildman–Crippen MR) is 99.4 cm³/mol. The first kappa shape index (κ1) is 16.6. The van der Waals surface area contributed by atoms with Crippen molar-refractivity contribution in [2.75, 3.05) is 13.1 Å². The van der Waals surface area contributed by atoms with Crippen molar-refractivity contribution in [3.63, 3.8) is 0 Å². The highest BCUT2D eigenvalue weighted by Gasteiger charge is 2.27. The fourth-order valence-electron chi connectivity index (χ4n) is 3.49. The van der Waals surface area contributed by atoms with Crippen LogP contribution < -0.4 is 4.74 Å². The summed E-state index contributed by atoms with van der Waals surface area (Å²) in [7, 11) is 0. The van der Waals surface area contributed by atoms with Gasteiger partial charge in [-0.3, -0.25) is 4.79 Å². The summed E-state index contributed by atoms with van der Waals surface area (Å²) < 4.78 is 6.04. The fourth-order valence-corrected chi connectivity index (χ4v) is 3.49. The monoisotopic (exact) mass is 350 g/mol. The van der Waals surface area contributed by atoms with Crippen molar-refractivity contribution in [1.29, 1.82) is 0 Å². The van der Waals surface area contributed by atoms with E-state index in [-0.39, 0.29) is 12.0 Å². The summed E-state index contributed by atoms with van der Waals surface area (Å²) in [5, 5.41) is 1.05. The number of aryl methyl sites for hydroxylation is 2. The number of carbonyl (C=O) groups excluding carboxylic acids is 1. The van der Waals surface area contributed by atoms with Crippen LogP contribution >= 0.6 is 0 Å². The normalized spacial score (nSPS) is 17.5. The summed E-state index contributed by atoms with van der Waals surface area (Å²) in [6.07, 6.45) is 1.78. The standard InChI is InChI=1S/C20H22N4O2/c1-13-10-19(22-14(2)21-13)26-16-7-5-9-24(12-16)20(25)18-11-15-6-3-4-8-17(15)23-18/h3-4,6,8,10-11,16,23H,5,7,9,12H2,1-2H3/t16-/m0/s1. The number of carbonyl (C=O) groups is 1. The number of aromatic amines is 1. The molecule has 1 atom stereocenters. The van der Waals surface area contributed by atoms with Crippen molar-refractivity contribution in [3.05, 3.63) is 53.6 Å². The number of likely N-dealkylation sites (tertiary alicyclic amines) is 1. The van der Waals surface area contributed by atoms with E-state index < -0.39 is 0 Å². The van der Waals surface area contributed by atoms with Gasteiger partial charge in [-0.15, -0.1) is 0 Å². The van der Waals surface area contributed by atoms with Crippen molar-refractivity contribution in [2.45, 2.75) is 32.8 Å². The number of amides is 1. The van der Waals surface area contributed by atoms with Gasteiger partial charge < -0.3 is 14.6 Å². The Balaban J connectivity index is 1.48. The van der Waals surface area contributed by atoms with Crippen LogP contribution in [0.2, 0.25) is 0 Å². The van der Waals surface area contributed by atoms with E-state index in [1.165, 1.54) is 0 Å². The number of piperidine rings is 1. The number of nitrogens with zero attached hydrogens (tertiary/aromatic N) is 3. The zero-order valence-electron chi connectivity index (χ0n) is 15.0. The highest BCUT2D eigenvalue weighted by atomic mass is 16.5. The molecular weight excluding hydrogens is 328 g/mol. The summed E-state index contributed by atoms with van der Waals surface area (Å²) in [6.45, 7) is 5.09. The number of fused-ring (bicyclic) bond motifs is 1. The number of aromatic nitrogens is 3. The number of para-hydroxylation sites is 1. The number of benzene rings is 1. The summed E-state index contributed by atoms with van der Waals surface area (Å²) in [5.41, 5.74) is 2.49. The Labute approximate surface area is 152 Å². The van der Waals surface area contributed by atoms with E-state index in [0.29, 0.717) is 23.9 Å². The number of hydrogen-bond acceptors (Lipinski definition) is 4. The lowest BCUT2D eigenvalue weighted by atomic mass is 10.1. The maximum Gasteiger partial charge on any atom is 0.270 e. The summed E-state index contributed by atoms with van der Waals surface area (Å²) in [6, 6.07) is 11.7. The van der Waals surface area contributed by atoms with Gasteiger partial charge in [0, 0.05) is 29.2 Å². The Morgan fingerprint density at radius 1 is 1.23 bits per heavy atom. The van der Waals surface area contributed by atoms with Gasteiger partial charge in [-0.1, -0.05) is 18.2 Å². The molecule has 1 N–H and O–H groups in total. The molecule has 0 unspecified atom stereocenters. The maximum absolute atomic E-state index is 12.9. The first-order valence-electron chi connectivity index (χ1n) is 8.94. The smallest absolute Gasteiger partial charge is 0.270 e. The number of H-pyrrole nitrogens is 1. The molecule has 26 heavy (non-hydrogen) atoms. The summed E-state index contributed by atoms with van der Waals surface area (Å²) >= 11 is 0. The third kappa shape index (κ3) is 3.40. The Morgan fingerprint density at radius 3 is 2.88 bits per heavy atom. The van der Waals surface area contributed by atoms with Gasteiger partial charge in [0.05, 0.1) is 6.54 Å². The van der Waals surface area contributed by atoms with Gasteiger partial charge in [0.1, 0.15) is 17.6 Å². The topological polar surface area (TPSA) is 71.1 Å². The number of nitrogens with one attached hydrogen (secondary N) is 1. The molecule has 1 aliphatic rings. The molecule has 0 aliphatic carbocycles. The molecule has 3 aromatic rings. The Kier molecular flexibility index (Phi) is 4.32. The van der Waals surface area contributed by atoms with Crippen LogP contribution in [0.1, 0.15) is 34.8 Å². The minimum atomic E-state index is -0.0502. The Hall–Kier alpha value is -2.89. The second-order valence-electron chi connectivity index (χ2n) is 6.80. The average Bonchev–Trinajstić information content (AvgIpc) is 3.04. The highest BCUT2D eigenvalue weighted by molar-refractivity contribution is 5.98. The third-order valence-corrected chi connectivity index (χ3v) is 4.66. The SMILES string of the molecule is Cc1cc(O[C@H]2CCCN(C(=O)c3cc4ccccc4[nH]3)C2)nc(C)n1. The molecule has 0 spiro atoms. The average molecular weight is 350 g/mol. The number of rotatable bonds is 3. The highest BCUT2D eigenvalue weighted by Crippen LogP contribution is 2.21. The van der Waals surface area contributed by atoms with Crippen LogP contribution in [0.3, 0.4) is 0 Å². The Bertz CT molecular complexity index is 897. The van der Waals surface area contributed by atoms with Crippen molar-refractivity contribution in [1.82, 2.24) is 19.9 Å². The summed E-state index contributed by atoms with van der Waals surface area (Å²) in [5.74, 6) is 1.30. The molecule has 134 valence electrons. The third-order valence-electron chi connectivity index (χ3n) is 4.66. The van der Waals surface area contributed by atoms with E-state index in [2.05, 4.69) is 15.0 Å². The van der Waals surface area contributed by atoms with Crippen LogP contribution in [0.4, 0.5) is 0 Å². The van der Waals surface area contributed by atoms with E-state index in [4.69, 9.17) is 4.74 Å². The van der Waals surface area contributed by atoms with Crippen LogP contribution in [0.25, 0.3) is 10.9 Å². The first-order chi connectivity index (χ1) is 12.6. The Morgan fingerprint density at radius 2 is 2.08 bits per heavy atom. The van der Waals surface area contributed by atoms with Crippen LogP contribution in [0.5, 0.6) is 5.88 Å². The molecule has 6 heteroatoms. The molecule has 0 saturated carbocycles. The molecule has 0 bridgehead atoms. The minimum Gasteiger partial charge on any atom is -0.472 e. The largest absolute Gasteiger partial charge is 0.472 e. The molecule has 2 aromatic heterocycles. The van der Waals surface area contributed by atoms with Crippen molar-refractivity contribution < 1.29 is 9.53 Å².